The number of nitrogens with one attached hydrogen (secondary N) is 1. The van der Waals surface area contributed by atoms with E-state index in [0.717, 1.165) is 23.8 Å². The number of hydrogen-bond acceptors (Lipinski definition) is 1. The molecule has 15 heavy (non-hydrogen) atoms. The first-order valence-corrected chi connectivity index (χ1v) is 6.61. The molecule has 3 aliphatic carbocycles. The maximum absolute atomic E-state index is 3.82. The standard InChI is InChI=1S/C14H23N/c1-10(2)14(6-7-14)9-15-13-8-11-4-3-5-12(11)13/h3,5,10-13,15H,4,6-9H2,1-2H3. The second-order valence-electron chi connectivity index (χ2n) is 6.24. The van der Waals surface area contributed by atoms with Crippen LogP contribution in [0.2, 0.25) is 0 Å². The van der Waals surface area contributed by atoms with Gasteiger partial charge < -0.3 is 5.32 Å². The summed E-state index contributed by atoms with van der Waals surface area (Å²) in [7, 11) is 0. The SMILES string of the molecule is CC(C)C1(CNC2CC3CC=CC32)CC1. The van der Waals surface area contributed by atoms with Crippen LogP contribution >= 0.6 is 0 Å². The van der Waals surface area contributed by atoms with Gasteiger partial charge in [0, 0.05) is 12.6 Å². The molecule has 0 aromatic carbocycles. The molecule has 3 aliphatic rings. The van der Waals surface area contributed by atoms with Gasteiger partial charge in [-0.1, -0.05) is 26.0 Å². The molecular formula is C14H23N. The van der Waals surface area contributed by atoms with Crippen LogP contribution in [0.4, 0.5) is 0 Å². The van der Waals surface area contributed by atoms with Gasteiger partial charge in [0.2, 0.25) is 0 Å². The highest BCUT2D eigenvalue weighted by molar-refractivity contribution is 5.13. The molecule has 2 fully saturated rings. The molecule has 3 rings (SSSR count). The Labute approximate surface area is 93.3 Å². The average Bonchev–Trinajstić information content (AvgIpc) is 2.87. The molecule has 0 saturated heterocycles. The van der Waals surface area contributed by atoms with Crippen molar-refractivity contribution < 1.29 is 0 Å². The maximum atomic E-state index is 3.82. The third kappa shape index (κ3) is 1.56. The summed E-state index contributed by atoms with van der Waals surface area (Å²) in [6.45, 7) is 6.04. The molecule has 84 valence electrons. The lowest BCUT2D eigenvalue weighted by atomic mass is 9.71. The molecule has 0 bridgehead atoms. The number of rotatable bonds is 4. The highest BCUT2D eigenvalue weighted by Gasteiger charge is 2.47. The summed E-state index contributed by atoms with van der Waals surface area (Å²) in [5, 5.41) is 3.82. The minimum absolute atomic E-state index is 0.674. The van der Waals surface area contributed by atoms with Crippen LogP contribution in [0.15, 0.2) is 12.2 Å². The summed E-state index contributed by atoms with van der Waals surface area (Å²) in [5.74, 6) is 2.74. The fourth-order valence-corrected chi connectivity index (χ4v) is 3.40. The lowest BCUT2D eigenvalue weighted by Gasteiger charge is -2.42. The minimum Gasteiger partial charge on any atom is -0.313 e. The lowest BCUT2D eigenvalue weighted by Crippen LogP contribution is -2.50. The predicted octanol–water partition coefficient (Wildman–Crippen LogP) is 2.98. The van der Waals surface area contributed by atoms with E-state index in [0.29, 0.717) is 5.41 Å². The van der Waals surface area contributed by atoms with E-state index < -0.39 is 0 Å². The van der Waals surface area contributed by atoms with Crippen molar-refractivity contribution in [2.24, 2.45) is 23.2 Å². The summed E-state index contributed by atoms with van der Waals surface area (Å²) < 4.78 is 0. The molecule has 0 aromatic rings. The van der Waals surface area contributed by atoms with Crippen molar-refractivity contribution in [2.75, 3.05) is 6.54 Å². The third-order valence-corrected chi connectivity index (χ3v) is 5.20. The third-order valence-electron chi connectivity index (χ3n) is 5.20. The Morgan fingerprint density at radius 2 is 2.20 bits per heavy atom. The molecule has 0 amide bonds. The van der Waals surface area contributed by atoms with Gasteiger partial charge in [0.05, 0.1) is 0 Å². The van der Waals surface area contributed by atoms with Crippen LogP contribution in [0.5, 0.6) is 0 Å². The van der Waals surface area contributed by atoms with Crippen LogP contribution in [-0.2, 0) is 0 Å². The summed E-state index contributed by atoms with van der Waals surface area (Å²) >= 11 is 0. The van der Waals surface area contributed by atoms with Gasteiger partial charge in [-0.15, -0.1) is 0 Å². The summed E-state index contributed by atoms with van der Waals surface area (Å²) in [6.07, 6.45) is 10.5. The van der Waals surface area contributed by atoms with Crippen molar-refractivity contribution in [1.82, 2.24) is 5.32 Å². The summed E-state index contributed by atoms with van der Waals surface area (Å²) in [4.78, 5) is 0. The van der Waals surface area contributed by atoms with E-state index in [9.17, 15) is 0 Å². The normalized spacial score (nSPS) is 40.3. The maximum Gasteiger partial charge on any atom is 0.0136 e. The van der Waals surface area contributed by atoms with E-state index in [1.807, 2.05) is 0 Å². The molecule has 0 radical (unpaired) electrons. The number of hydrogen-bond donors (Lipinski definition) is 1. The minimum atomic E-state index is 0.674. The van der Waals surface area contributed by atoms with E-state index in [-0.39, 0.29) is 0 Å². The molecule has 1 nitrogen and oxygen atoms in total. The van der Waals surface area contributed by atoms with Crippen molar-refractivity contribution in [3.8, 4) is 0 Å². The van der Waals surface area contributed by atoms with E-state index in [1.165, 1.54) is 32.2 Å². The van der Waals surface area contributed by atoms with Crippen molar-refractivity contribution in [3.63, 3.8) is 0 Å². The van der Waals surface area contributed by atoms with Crippen LogP contribution in [-0.4, -0.2) is 12.6 Å². The van der Waals surface area contributed by atoms with Crippen LogP contribution < -0.4 is 5.32 Å². The van der Waals surface area contributed by atoms with Gasteiger partial charge in [-0.2, -0.15) is 0 Å². The first-order chi connectivity index (χ1) is 7.21. The summed E-state index contributed by atoms with van der Waals surface area (Å²) in [6, 6.07) is 0.810. The molecule has 3 unspecified atom stereocenters. The Balaban J connectivity index is 1.49. The Morgan fingerprint density at radius 1 is 1.40 bits per heavy atom. The quantitative estimate of drug-likeness (QED) is 0.696. The zero-order chi connectivity index (χ0) is 10.5. The van der Waals surface area contributed by atoms with E-state index in [4.69, 9.17) is 0 Å². The molecule has 0 aromatic heterocycles. The van der Waals surface area contributed by atoms with Gasteiger partial charge in [-0.25, -0.2) is 0 Å². The molecule has 0 heterocycles. The van der Waals surface area contributed by atoms with Gasteiger partial charge in [-0.3, -0.25) is 0 Å². The van der Waals surface area contributed by atoms with Gasteiger partial charge in [0.1, 0.15) is 0 Å². The monoisotopic (exact) mass is 205 g/mol. The zero-order valence-electron chi connectivity index (χ0n) is 10.00. The van der Waals surface area contributed by atoms with Gasteiger partial charge >= 0.3 is 0 Å². The molecule has 2 saturated carbocycles. The fraction of sp³-hybridized carbons (Fsp3) is 0.857. The molecule has 0 aliphatic heterocycles. The van der Waals surface area contributed by atoms with Crippen LogP contribution in [0, 0.1) is 23.2 Å². The molecular weight excluding hydrogens is 182 g/mol. The van der Waals surface area contributed by atoms with Crippen molar-refractivity contribution in [1.29, 1.82) is 0 Å². The topological polar surface area (TPSA) is 12.0 Å². The first kappa shape index (κ1) is 9.89. The fourth-order valence-electron chi connectivity index (χ4n) is 3.40. The first-order valence-electron chi connectivity index (χ1n) is 6.61. The second kappa shape index (κ2) is 3.35. The molecule has 0 spiro atoms. The lowest BCUT2D eigenvalue weighted by molar-refractivity contribution is 0.150. The number of fused-ring (bicyclic) bond motifs is 1. The van der Waals surface area contributed by atoms with Crippen molar-refractivity contribution in [3.05, 3.63) is 12.2 Å². The average molecular weight is 205 g/mol. The Hall–Kier alpha value is -0.300. The van der Waals surface area contributed by atoms with Crippen LogP contribution in [0.3, 0.4) is 0 Å². The highest BCUT2D eigenvalue weighted by Crippen LogP contribution is 2.52. The van der Waals surface area contributed by atoms with E-state index in [1.54, 1.807) is 0 Å². The van der Waals surface area contributed by atoms with Crippen LogP contribution in [0.1, 0.15) is 39.5 Å². The molecule has 3 atom stereocenters. The Morgan fingerprint density at radius 3 is 2.80 bits per heavy atom. The van der Waals surface area contributed by atoms with Gasteiger partial charge in [0.25, 0.3) is 0 Å². The van der Waals surface area contributed by atoms with Gasteiger partial charge in [0.15, 0.2) is 0 Å². The predicted molar refractivity (Wildman–Crippen MR) is 63.6 cm³/mol. The van der Waals surface area contributed by atoms with E-state index >= 15 is 0 Å². The van der Waals surface area contributed by atoms with Crippen molar-refractivity contribution in [2.45, 2.75) is 45.6 Å². The van der Waals surface area contributed by atoms with Gasteiger partial charge in [-0.05, 0) is 48.9 Å². The highest BCUT2D eigenvalue weighted by atomic mass is 15.0. The summed E-state index contributed by atoms with van der Waals surface area (Å²) in [5.41, 5.74) is 0.674. The second-order valence-corrected chi connectivity index (χ2v) is 6.24. The zero-order valence-corrected chi connectivity index (χ0v) is 10.00. The smallest absolute Gasteiger partial charge is 0.0136 e. The van der Waals surface area contributed by atoms with E-state index in [2.05, 4.69) is 31.3 Å². The Kier molecular flexibility index (Phi) is 2.21. The molecule has 1 N–H and O–H groups in total. The van der Waals surface area contributed by atoms with Crippen LogP contribution in [0.25, 0.3) is 0 Å². The van der Waals surface area contributed by atoms with Crippen molar-refractivity contribution >= 4 is 0 Å². The Bertz CT molecular complexity index is 275. The number of allylic oxidation sites excluding steroid dienone is 1. The largest absolute Gasteiger partial charge is 0.313 e. The molecule has 1 heteroatoms.